The second-order valence-corrected chi connectivity index (χ2v) is 5.14. The first-order chi connectivity index (χ1) is 8.29. The Kier molecular flexibility index (Phi) is 4.71. The predicted octanol–water partition coefficient (Wildman–Crippen LogP) is 3.30. The number of alkyl halides is 1. The summed E-state index contributed by atoms with van der Waals surface area (Å²) in [6.07, 6.45) is 0.118. The van der Waals surface area contributed by atoms with Crippen molar-refractivity contribution >= 4 is 34.4 Å². The van der Waals surface area contributed by atoms with E-state index in [1.54, 1.807) is 11.8 Å². The third kappa shape index (κ3) is 3.63. The molecule has 0 spiro atoms. The number of rotatable bonds is 6. The van der Waals surface area contributed by atoms with E-state index in [9.17, 15) is 0 Å². The van der Waals surface area contributed by atoms with Gasteiger partial charge in [-0.2, -0.15) is 0 Å². The molecule has 1 aromatic heterocycles. The molecule has 0 radical (unpaired) electrons. The number of halogens is 1. The highest BCUT2D eigenvalue weighted by Crippen LogP contribution is 2.18. The molecule has 0 bridgehead atoms. The van der Waals surface area contributed by atoms with Crippen LogP contribution >= 0.6 is 23.4 Å². The Balaban J connectivity index is 1.83. The molecule has 2 rings (SSSR count). The zero-order valence-corrected chi connectivity index (χ0v) is 11.2. The maximum atomic E-state index is 5.65. The van der Waals surface area contributed by atoms with Crippen molar-refractivity contribution < 1.29 is 4.74 Å². The SMILES string of the molecule is CC(CCl)OCCSc1nc2ccccc2[nH]1. The van der Waals surface area contributed by atoms with E-state index in [0.717, 1.165) is 21.9 Å². The third-order valence-corrected chi connectivity index (χ3v) is 3.58. The topological polar surface area (TPSA) is 37.9 Å². The highest BCUT2D eigenvalue weighted by molar-refractivity contribution is 7.99. The second-order valence-electron chi connectivity index (χ2n) is 3.74. The fraction of sp³-hybridized carbons (Fsp3) is 0.417. The summed E-state index contributed by atoms with van der Waals surface area (Å²) in [6, 6.07) is 8.02. The van der Waals surface area contributed by atoms with Gasteiger partial charge in [0.05, 0.1) is 23.7 Å². The number of thioether (sulfide) groups is 1. The molecule has 0 amide bonds. The van der Waals surface area contributed by atoms with E-state index >= 15 is 0 Å². The van der Waals surface area contributed by atoms with E-state index in [1.165, 1.54) is 0 Å². The molecule has 92 valence electrons. The van der Waals surface area contributed by atoms with Crippen LogP contribution in [-0.4, -0.2) is 34.3 Å². The summed E-state index contributed by atoms with van der Waals surface area (Å²) >= 11 is 7.31. The van der Waals surface area contributed by atoms with Gasteiger partial charge in [-0.05, 0) is 19.1 Å². The number of fused-ring (bicyclic) bond motifs is 1. The van der Waals surface area contributed by atoms with Crippen molar-refractivity contribution in [2.75, 3.05) is 18.2 Å². The fourth-order valence-corrected chi connectivity index (χ4v) is 2.24. The number of benzene rings is 1. The summed E-state index contributed by atoms with van der Waals surface area (Å²) in [5.41, 5.74) is 2.08. The van der Waals surface area contributed by atoms with Crippen molar-refractivity contribution in [1.29, 1.82) is 0 Å². The van der Waals surface area contributed by atoms with Crippen molar-refractivity contribution in [3.8, 4) is 0 Å². The summed E-state index contributed by atoms with van der Waals surface area (Å²) in [7, 11) is 0. The van der Waals surface area contributed by atoms with Crippen molar-refractivity contribution in [3.63, 3.8) is 0 Å². The fourth-order valence-electron chi connectivity index (χ4n) is 1.43. The van der Waals surface area contributed by atoms with Gasteiger partial charge in [0, 0.05) is 11.6 Å². The summed E-state index contributed by atoms with van der Waals surface area (Å²) in [5, 5.41) is 0.938. The van der Waals surface area contributed by atoms with Crippen molar-refractivity contribution in [2.45, 2.75) is 18.2 Å². The van der Waals surface area contributed by atoms with Crippen LogP contribution in [0.3, 0.4) is 0 Å². The quantitative estimate of drug-likeness (QED) is 0.497. The summed E-state index contributed by atoms with van der Waals surface area (Å²) < 4.78 is 5.49. The molecule has 5 heteroatoms. The summed E-state index contributed by atoms with van der Waals surface area (Å²) in [5.74, 6) is 1.41. The number of imidazole rings is 1. The first-order valence-electron chi connectivity index (χ1n) is 5.54. The van der Waals surface area contributed by atoms with Crippen LogP contribution in [0, 0.1) is 0 Å². The smallest absolute Gasteiger partial charge is 0.166 e. The first kappa shape index (κ1) is 12.7. The Hall–Kier alpha value is -0.710. The van der Waals surface area contributed by atoms with Gasteiger partial charge in [-0.1, -0.05) is 23.9 Å². The summed E-state index contributed by atoms with van der Waals surface area (Å²) in [6.45, 7) is 2.66. The van der Waals surface area contributed by atoms with Crippen LogP contribution in [0.25, 0.3) is 11.0 Å². The van der Waals surface area contributed by atoms with Gasteiger partial charge >= 0.3 is 0 Å². The summed E-state index contributed by atoms with van der Waals surface area (Å²) in [4.78, 5) is 7.74. The number of hydrogen-bond acceptors (Lipinski definition) is 3. The molecule has 1 aromatic carbocycles. The van der Waals surface area contributed by atoms with Crippen LogP contribution < -0.4 is 0 Å². The Morgan fingerprint density at radius 3 is 3.06 bits per heavy atom. The molecule has 3 nitrogen and oxygen atoms in total. The zero-order chi connectivity index (χ0) is 12.1. The van der Waals surface area contributed by atoms with Crippen molar-refractivity contribution in [3.05, 3.63) is 24.3 Å². The first-order valence-corrected chi connectivity index (χ1v) is 7.06. The Morgan fingerprint density at radius 1 is 1.47 bits per heavy atom. The van der Waals surface area contributed by atoms with E-state index in [0.29, 0.717) is 12.5 Å². The highest BCUT2D eigenvalue weighted by Gasteiger charge is 2.03. The molecule has 1 unspecified atom stereocenters. The maximum Gasteiger partial charge on any atom is 0.166 e. The van der Waals surface area contributed by atoms with Crippen LogP contribution in [0.4, 0.5) is 0 Å². The molecule has 1 heterocycles. The minimum Gasteiger partial charge on any atom is -0.376 e. The minimum atomic E-state index is 0.118. The molecular weight excluding hydrogens is 256 g/mol. The van der Waals surface area contributed by atoms with Crippen LogP contribution in [0.5, 0.6) is 0 Å². The lowest BCUT2D eigenvalue weighted by atomic mass is 10.3. The number of nitrogens with zero attached hydrogens (tertiary/aromatic N) is 1. The van der Waals surface area contributed by atoms with E-state index in [1.807, 2.05) is 31.2 Å². The molecule has 0 fully saturated rings. The average molecular weight is 271 g/mol. The number of nitrogens with one attached hydrogen (secondary N) is 1. The molecule has 1 atom stereocenters. The second kappa shape index (κ2) is 6.28. The van der Waals surface area contributed by atoms with Crippen LogP contribution in [0.2, 0.25) is 0 Å². The third-order valence-electron chi connectivity index (χ3n) is 2.31. The van der Waals surface area contributed by atoms with E-state index in [2.05, 4.69) is 9.97 Å². The van der Waals surface area contributed by atoms with Gasteiger partial charge in [-0.25, -0.2) is 4.98 Å². The van der Waals surface area contributed by atoms with Gasteiger partial charge in [0.25, 0.3) is 0 Å². The minimum absolute atomic E-state index is 0.118. The number of H-pyrrole nitrogens is 1. The lowest BCUT2D eigenvalue weighted by Gasteiger charge is -2.07. The molecule has 0 aliphatic carbocycles. The highest BCUT2D eigenvalue weighted by atomic mass is 35.5. The molecule has 17 heavy (non-hydrogen) atoms. The Bertz CT molecular complexity index is 441. The van der Waals surface area contributed by atoms with E-state index in [-0.39, 0.29) is 6.10 Å². The normalized spacial score (nSPS) is 13.1. The number of aromatic nitrogens is 2. The van der Waals surface area contributed by atoms with Crippen LogP contribution in [0.1, 0.15) is 6.92 Å². The van der Waals surface area contributed by atoms with Gasteiger partial charge in [-0.3, -0.25) is 0 Å². The van der Waals surface area contributed by atoms with Crippen LogP contribution in [0.15, 0.2) is 29.4 Å². The molecule has 0 aliphatic rings. The van der Waals surface area contributed by atoms with E-state index in [4.69, 9.17) is 16.3 Å². The number of hydrogen-bond donors (Lipinski definition) is 1. The standard InChI is InChI=1S/C12H15ClN2OS/c1-9(8-13)16-6-7-17-12-14-10-4-2-3-5-11(10)15-12/h2-5,9H,6-8H2,1H3,(H,14,15). The molecular formula is C12H15ClN2OS. The number of ether oxygens (including phenoxy) is 1. The number of aromatic amines is 1. The van der Waals surface area contributed by atoms with Crippen molar-refractivity contribution in [2.24, 2.45) is 0 Å². The lowest BCUT2D eigenvalue weighted by Crippen LogP contribution is -2.11. The largest absolute Gasteiger partial charge is 0.376 e. The molecule has 0 saturated carbocycles. The number of para-hydroxylation sites is 2. The predicted molar refractivity (Wildman–Crippen MR) is 73.0 cm³/mol. The van der Waals surface area contributed by atoms with Gasteiger partial charge in [0.15, 0.2) is 5.16 Å². The average Bonchev–Trinajstić information content (AvgIpc) is 2.76. The molecule has 0 aliphatic heterocycles. The van der Waals surface area contributed by atoms with Gasteiger partial charge in [0.2, 0.25) is 0 Å². The zero-order valence-electron chi connectivity index (χ0n) is 9.65. The Labute approximate surface area is 110 Å². The molecule has 0 saturated heterocycles. The molecule has 2 aromatic rings. The van der Waals surface area contributed by atoms with Gasteiger partial charge < -0.3 is 9.72 Å². The van der Waals surface area contributed by atoms with Gasteiger partial charge in [-0.15, -0.1) is 11.6 Å². The monoisotopic (exact) mass is 270 g/mol. The maximum absolute atomic E-state index is 5.65. The van der Waals surface area contributed by atoms with Gasteiger partial charge in [0.1, 0.15) is 0 Å². The van der Waals surface area contributed by atoms with Crippen LogP contribution in [-0.2, 0) is 4.74 Å². The lowest BCUT2D eigenvalue weighted by molar-refractivity contribution is 0.0944. The van der Waals surface area contributed by atoms with Crippen molar-refractivity contribution in [1.82, 2.24) is 9.97 Å². The molecule has 1 N–H and O–H groups in total. The Morgan fingerprint density at radius 2 is 2.29 bits per heavy atom. The van der Waals surface area contributed by atoms with E-state index < -0.39 is 0 Å².